The molecule has 1 heterocycles. The largest absolute Gasteiger partial charge is 0.416 e. The first-order valence-corrected chi connectivity index (χ1v) is 8.09. The fourth-order valence-corrected chi connectivity index (χ4v) is 3.17. The Hall–Kier alpha value is -2.67. The smallest absolute Gasteiger partial charge is 0.332 e. The topological polar surface area (TPSA) is 42.0 Å². The van der Waals surface area contributed by atoms with Crippen molar-refractivity contribution in [2.45, 2.75) is 13.1 Å². The van der Waals surface area contributed by atoms with Crippen molar-refractivity contribution in [3.8, 4) is 11.3 Å². The van der Waals surface area contributed by atoms with E-state index in [2.05, 4.69) is 10.3 Å². The number of hydrogen-bond donors (Lipinski definition) is 1. The summed E-state index contributed by atoms with van der Waals surface area (Å²) in [5.74, 6) is 0. The van der Waals surface area contributed by atoms with Gasteiger partial charge in [0.2, 0.25) is 6.29 Å². The molecule has 127 valence electrons. The van der Waals surface area contributed by atoms with E-state index in [9.17, 15) is 18.0 Å². The zero-order valence-corrected chi connectivity index (χ0v) is 13.8. The first kappa shape index (κ1) is 17.2. The molecule has 0 aliphatic heterocycles. The molecule has 3 rings (SSSR count). The van der Waals surface area contributed by atoms with Gasteiger partial charge in [-0.05, 0) is 31.2 Å². The fourth-order valence-electron chi connectivity index (χ4n) is 2.32. The van der Waals surface area contributed by atoms with Crippen LogP contribution in [0.5, 0.6) is 0 Å². The summed E-state index contributed by atoms with van der Waals surface area (Å²) in [6.07, 6.45) is -2.54. The van der Waals surface area contributed by atoms with E-state index in [-0.39, 0.29) is 0 Å². The Kier molecular flexibility index (Phi) is 4.59. The predicted molar refractivity (Wildman–Crippen MR) is 91.8 cm³/mol. The average Bonchev–Trinajstić information content (AvgIpc) is 2.94. The van der Waals surface area contributed by atoms with Crippen molar-refractivity contribution in [1.82, 2.24) is 4.98 Å². The minimum absolute atomic E-state index is 0.418. The third-order valence-electron chi connectivity index (χ3n) is 3.51. The Labute approximate surface area is 146 Å². The number of aromatic nitrogens is 1. The molecule has 0 bridgehead atoms. The normalized spacial score (nSPS) is 11.4. The highest BCUT2D eigenvalue weighted by atomic mass is 32.1. The Morgan fingerprint density at radius 2 is 1.84 bits per heavy atom. The van der Waals surface area contributed by atoms with Crippen LogP contribution in [0.1, 0.15) is 16.0 Å². The quantitative estimate of drug-likeness (QED) is 0.682. The summed E-state index contributed by atoms with van der Waals surface area (Å²) in [5.41, 5.74) is 1.66. The maximum absolute atomic E-state index is 12.7. The number of benzene rings is 2. The highest BCUT2D eigenvalue weighted by Gasteiger charge is 2.30. The van der Waals surface area contributed by atoms with Crippen LogP contribution in [0.25, 0.3) is 11.3 Å². The van der Waals surface area contributed by atoms with E-state index in [1.165, 1.54) is 23.5 Å². The number of aryl methyl sites for hydroxylation is 1. The number of anilines is 2. The molecule has 2 aromatic carbocycles. The van der Waals surface area contributed by atoms with Crippen LogP contribution in [0, 0.1) is 6.92 Å². The second-order valence-electron chi connectivity index (χ2n) is 5.31. The van der Waals surface area contributed by atoms with Gasteiger partial charge in [0.1, 0.15) is 0 Å². The monoisotopic (exact) mass is 361 g/mol. The standard InChI is InChI=1S/C18H12F3N2OS/c1-11-16(13-5-7-14(8-6-13)18(19,20)21)23-17(25-11)22-15-4-2-3-12(9-15)10-24/h2-9H,1H3,(H,22,23). The van der Waals surface area contributed by atoms with E-state index >= 15 is 0 Å². The number of alkyl halides is 3. The van der Waals surface area contributed by atoms with Gasteiger partial charge in [-0.1, -0.05) is 24.3 Å². The molecule has 0 aliphatic rings. The molecule has 0 fully saturated rings. The van der Waals surface area contributed by atoms with Gasteiger partial charge in [-0.15, -0.1) is 11.3 Å². The van der Waals surface area contributed by atoms with Crippen molar-refractivity contribution >= 4 is 28.4 Å². The number of carbonyl (C=O) groups excluding carboxylic acids is 1. The van der Waals surface area contributed by atoms with Gasteiger partial charge in [-0.25, -0.2) is 4.98 Å². The molecular weight excluding hydrogens is 349 g/mol. The molecular formula is C18H12F3N2OS. The molecule has 0 saturated carbocycles. The molecule has 0 amide bonds. The molecule has 0 spiro atoms. The van der Waals surface area contributed by atoms with Crippen LogP contribution < -0.4 is 5.32 Å². The van der Waals surface area contributed by atoms with Crippen molar-refractivity contribution in [3.63, 3.8) is 0 Å². The average molecular weight is 361 g/mol. The van der Waals surface area contributed by atoms with Crippen LogP contribution in [-0.4, -0.2) is 11.3 Å². The van der Waals surface area contributed by atoms with Crippen LogP contribution in [-0.2, 0) is 11.0 Å². The van der Waals surface area contributed by atoms with Gasteiger partial charge >= 0.3 is 6.18 Å². The number of halogens is 3. The summed E-state index contributed by atoms with van der Waals surface area (Å²) in [7, 11) is 0. The van der Waals surface area contributed by atoms with Gasteiger partial charge in [0.05, 0.1) is 11.3 Å². The molecule has 3 nitrogen and oxygen atoms in total. The number of hydrogen-bond acceptors (Lipinski definition) is 4. The van der Waals surface area contributed by atoms with E-state index in [0.29, 0.717) is 27.6 Å². The van der Waals surface area contributed by atoms with Crippen LogP contribution in [0.4, 0.5) is 24.0 Å². The second kappa shape index (κ2) is 6.68. The summed E-state index contributed by atoms with van der Waals surface area (Å²) < 4.78 is 38.0. The summed E-state index contributed by atoms with van der Waals surface area (Å²) in [6, 6.07) is 11.7. The fraction of sp³-hybridized carbons (Fsp3) is 0.111. The lowest BCUT2D eigenvalue weighted by molar-refractivity contribution is -0.137. The van der Waals surface area contributed by atoms with E-state index in [4.69, 9.17) is 0 Å². The first-order chi connectivity index (χ1) is 11.9. The number of nitrogens with zero attached hydrogens (tertiary/aromatic N) is 1. The highest BCUT2D eigenvalue weighted by molar-refractivity contribution is 7.16. The van der Waals surface area contributed by atoms with Crippen molar-refractivity contribution in [2.75, 3.05) is 5.32 Å². The maximum atomic E-state index is 12.7. The minimum atomic E-state index is -4.36. The molecule has 0 saturated heterocycles. The van der Waals surface area contributed by atoms with E-state index in [1.54, 1.807) is 24.3 Å². The highest BCUT2D eigenvalue weighted by Crippen LogP contribution is 2.34. The zero-order chi connectivity index (χ0) is 18.0. The lowest BCUT2D eigenvalue weighted by Crippen LogP contribution is -2.04. The van der Waals surface area contributed by atoms with Gasteiger partial charge < -0.3 is 5.32 Å². The molecule has 25 heavy (non-hydrogen) atoms. The minimum Gasteiger partial charge on any atom is -0.332 e. The molecule has 1 N–H and O–H groups in total. The zero-order valence-electron chi connectivity index (χ0n) is 13.0. The number of rotatable bonds is 4. The Bertz CT molecular complexity index is 901. The lowest BCUT2D eigenvalue weighted by Gasteiger charge is -2.07. The van der Waals surface area contributed by atoms with Crippen LogP contribution in [0.15, 0.2) is 48.5 Å². The summed E-state index contributed by atoms with van der Waals surface area (Å²) in [4.78, 5) is 16.0. The summed E-state index contributed by atoms with van der Waals surface area (Å²) in [6.45, 7) is 1.85. The van der Waals surface area contributed by atoms with E-state index in [0.717, 1.165) is 17.0 Å². The Morgan fingerprint density at radius 1 is 1.12 bits per heavy atom. The molecule has 7 heteroatoms. The summed E-state index contributed by atoms with van der Waals surface area (Å²) in [5, 5.41) is 3.69. The predicted octanol–water partition coefficient (Wildman–Crippen LogP) is 5.34. The number of thiazole rings is 1. The van der Waals surface area contributed by atoms with Gasteiger partial charge in [-0.3, -0.25) is 4.79 Å². The van der Waals surface area contributed by atoms with Gasteiger partial charge in [0, 0.05) is 21.7 Å². The van der Waals surface area contributed by atoms with Gasteiger partial charge in [0.15, 0.2) is 5.13 Å². The third-order valence-corrected chi connectivity index (χ3v) is 4.40. The molecule has 3 aromatic rings. The van der Waals surface area contributed by atoms with E-state index in [1.807, 2.05) is 13.2 Å². The van der Waals surface area contributed by atoms with Crippen molar-refractivity contribution in [3.05, 3.63) is 64.5 Å². The van der Waals surface area contributed by atoms with Crippen molar-refractivity contribution in [1.29, 1.82) is 0 Å². The first-order valence-electron chi connectivity index (χ1n) is 7.27. The van der Waals surface area contributed by atoms with Gasteiger partial charge in [0.25, 0.3) is 0 Å². The van der Waals surface area contributed by atoms with Crippen molar-refractivity contribution in [2.24, 2.45) is 0 Å². The van der Waals surface area contributed by atoms with Crippen LogP contribution in [0.2, 0.25) is 0 Å². The van der Waals surface area contributed by atoms with Crippen LogP contribution >= 0.6 is 11.3 Å². The van der Waals surface area contributed by atoms with Gasteiger partial charge in [-0.2, -0.15) is 13.2 Å². The Morgan fingerprint density at radius 3 is 2.48 bits per heavy atom. The molecule has 0 aliphatic carbocycles. The van der Waals surface area contributed by atoms with Crippen LogP contribution in [0.3, 0.4) is 0 Å². The molecule has 0 atom stereocenters. The molecule has 1 radical (unpaired) electrons. The Balaban J connectivity index is 1.86. The number of nitrogens with one attached hydrogen (secondary N) is 1. The molecule has 0 unspecified atom stereocenters. The van der Waals surface area contributed by atoms with E-state index < -0.39 is 11.7 Å². The second-order valence-corrected chi connectivity index (χ2v) is 6.51. The van der Waals surface area contributed by atoms with Crippen molar-refractivity contribution < 1.29 is 18.0 Å². The summed E-state index contributed by atoms with van der Waals surface area (Å²) >= 11 is 1.38. The SMILES string of the molecule is Cc1sc(Nc2cccc([C]=O)c2)nc1-c1ccc(C(F)(F)F)cc1. The molecule has 1 aromatic heterocycles. The maximum Gasteiger partial charge on any atom is 0.416 e. The third kappa shape index (κ3) is 3.88. The lowest BCUT2D eigenvalue weighted by atomic mass is 10.1.